The molecule has 0 radical (unpaired) electrons. The van der Waals surface area contributed by atoms with E-state index in [1.165, 1.54) is 0 Å². The average Bonchev–Trinajstić information content (AvgIpc) is 2.65. The van der Waals surface area contributed by atoms with E-state index in [0.29, 0.717) is 30.3 Å². The third-order valence-corrected chi connectivity index (χ3v) is 4.02. The van der Waals surface area contributed by atoms with Crippen LogP contribution >= 0.6 is 0 Å². The number of rotatable bonds is 3. The third kappa shape index (κ3) is 2.78. The van der Waals surface area contributed by atoms with Gasteiger partial charge in [0.25, 0.3) is 0 Å². The lowest BCUT2D eigenvalue weighted by atomic mass is 10.1. The Morgan fingerprint density at radius 3 is 2.62 bits per heavy atom. The van der Waals surface area contributed by atoms with Crippen LogP contribution in [0.15, 0.2) is 60.7 Å². The number of benzene rings is 3. The second kappa shape index (κ2) is 6.24. The van der Waals surface area contributed by atoms with Crippen LogP contribution in [-0.4, -0.2) is 19.2 Å². The van der Waals surface area contributed by atoms with Crippen LogP contribution in [0.1, 0.15) is 15.9 Å². The Labute approximate surface area is 139 Å². The molecule has 4 rings (SSSR count). The molecule has 0 amide bonds. The standard InChI is InChI=1S/C20H16O4/c21-20(15-8-9-18-19(12-15)23-11-10-22-18)24-13-16-6-3-5-14-4-1-2-7-17(14)16/h1-9,12H,10-11,13H2. The van der Waals surface area contributed by atoms with Crippen molar-refractivity contribution >= 4 is 16.7 Å². The summed E-state index contributed by atoms with van der Waals surface area (Å²) in [7, 11) is 0. The van der Waals surface area contributed by atoms with Gasteiger partial charge >= 0.3 is 5.97 Å². The maximum Gasteiger partial charge on any atom is 0.338 e. The van der Waals surface area contributed by atoms with E-state index in [0.717, 1.165) is 16.3 Å². The summed E-state index contributed by atoms with van der Waals surface area (Å²) in [5, 5.41) is 2.22. The second-order valence-corrected chi connectivity index (χ2v) is 5.57. The van der Waals surface area contributed by atoms with Gasteiger partial charge in [-0.3, -0.25) is 0 Å². The maximum atomic E-state index is 12.3. The molecular formula is C20H16O4. The minimum absolute atomic E-state index is 0.231. The number of carbonyl (C=O) groups excluding carboxylic acids is 1. The first-order valence-corrected chi connectivity index (χ1v) is 7.85. The van der Waals surface area contributed by atoms with Gasteiger partial charge in [0.2, 0.25) is 0 Å². The highest BCUT2D eigenvalue weighted by Gasteiger charge is 2.16. The highest BCUT2D eigenvalue weighted by molar-refractivity contribution is 5.91. The molecule has 0 bridgehead atoms. The van der Waals surface area contributed by atoms with E-state index in [9.17, 15) is 4.79 Å². The second-order valence-electron chi connectivity index (χ2n) is 5.57. The zero-order valence-corrected chi connectivity index (χ0v) is 13.0. The van der Waals surface area contributed by atoms with Crippen molar-refractivity contribution < 1.29 is 19.0 Å². The number of hydrogen-bond acceptors (Lipinski definition) is 4. The molecule has 24 heavy (non-hydrogen) atoms. The lowest BCUT2D eigenvalue weighted by Gasteiger charge is -2.18. The van der Waals surface area contributed by atoms with Crippen LogP contribution < -0.4 is 9.47 Å². The van der Waals surface area contributed by atoms with Crippen LogP contribution in [0.5, 0.6) is 11.5 Å². The van der Waals surface area contributed by atoms with Crippen molar-refractivity contribution in [1.29, 1.82) is 0 Å². The number of hydrogen-bond donors (Lipinski definition) is 0. The van der Waals surface area contributed by atoms with Gasteiger partial charge in [-0.05, 0) is 34.5 Å². The summed E-state index contributed by atoms with van der Waals surface area (Å²) < 4.78 is 16.4. The smallest absolute Gasteiger partial charge is 0.338 e. The highest BCUT2D eigenvalue weighted by Crippen LogP contribution is 2.31. The van der Waals surface area contributed by atoms with Crippen LogP contribution in [0.3, 0.4) is 0 Å². The molecule has 4 heteroatoms. The Bertz CT molecular complexity index is 896. The van der Waals surface area contributed by atoms with Gasteiger partial charge < -0.3 is 14.2 Å². The molecule has 0 saturated carbocycles. The Kier molecular flexibility index (Phi) is 3.79. The van der Waals surface area contributed by atoms with Gasteiger partial charge in [0.05, 0.1) is 5.56 Å². The van der Waals surface area contributed by atoms with Crippen molar-refractivity contribution in [1.82, 2.24) is 0 Å². The molecule has 0 fully saturated rings. The molecule has 1 aliphatic rings. The highest BCUT2D eigenvalue weighted by atomic mass is 16.6. The van der Waals surface area contributed by atoms with Gasteiger partial charge in [-0.1, -0.05) is 42.5 Å². The number of carbonyl (C=O) groups is 1. The van der Waals surface area contributed by atoms with E-state index < -0.39 is 0 Å². The molecule has 0 N–H and O–H groups in total. The van der Waals surface area contributed by atoms with Gasteiger partial charge in [0.1, 0.15) is 19.8 Å². The number of ether oxygens (including phenoxy) is 3. The van der Waals surface area contributed by atoms with Crippen molar-refractivity contribution in [2.45, 2.75) is 6.61 Å². The zero-order chi connectivity index (χ0) is 16.4. The van der Waals surface area contributed by atoms with E-state index in [1.807, 2.05) is 42.5 Å². The molecule has 3 aromatic rings. The monoisotopic (exact) mass is 320 g/mol. The van der Waals surface area contributed by atoms with Crippen LogP contribution in [-0.2, 0) is 11.3 Å². The molecule has 0 aromatic heterocycles. The lowest BCUT2D eigenvalue weighted by Crippen LogP contribution is -2.16. The van der Waals surface area contributed by atoms with E-state index >= 15 is 0 Å². The van der Waals surface area contributed by atoms with E-state index in [4.69, 9.17) is 14.2 Å². The average molecular weight is 320 g/mol. The van der Waals surface area contributed by atoms with Gasteiger partial charge in [0.15, 0.2) is 11.5 Å². The molecule has 4 nitrogen and oxygen atoms in total. The predicted octanol–water partition coefficient (Wildman–Crippen LogP) is 3.97. The maximum absolute atomic E-state index is 12.3. The normalized spacial score (nSPS) is 12.8. The fourth-order valence-corrected chi connectivity index (χ4v) is 2.82. The molecule has 0 spiro atoms. The fourth-order valence-electron chi connectivity index (χ4n) is 2.82. The molecule has 0 aliphatic carbocycles. The molecule has 120 valence electrons. The summed E-state index contributed by atoms with van der Waals surface area (Å²) in [5.41, 5.74) is 1.44. The van der Waals surface area contributed by atoms with E-state index in [1.54, 1.807) is 18.2 Å². The van der Waals surface area contributed by atoms with Crippen molar-refractivity contribution in [3.05, 3.63) is 71.8 Å². The Morgan fingerprint density at radius 2 is 1.71 bits per heavy atom. The topological polar surface area (TPSA) is 44.8 Å². The van der Waals surface area contributed by atoms with Crippen LogP contribution in [0, 0.1) is 0 Å². The fraction of sp³-hybridized carbons (Fsp3) is 0.150. The van der Waals surface area contributed by atoms with Crippen molar-refractivity contribution in [3.8, 4) is 11.5 Å². The molecule has 1 aliphatic heterocycles. The number of esters is 1. The summed E-state index contributed by atoms with van der Waals surface area (Å²) in [5.74, 6) is 0.868. The molecule has 0 atom stereocenters. The van der Waals surface area contributed by atoms with Crippen molar-refractivity contribution in [3.63, 3.8) is 0 Å². The summed E-state index contributed by atoms with van der Waals surface area (Å²) in [6, 6.07) is 19.1. The largest absolute Gasteiger partial charge is 0.486 e. The van der Waals surface area contributed by atoms with Gasteiger partial charge in [-0.2, -0.15) is 0 Å². The predicted molar refractivity (Wildman–Crippen MR) is 90.5 cm³/mol. The van der Waals surface area contributed by atoms with Crippen LogP contribution in [0.2, 0.25) is 0 Å². The lowest BCUT2D eigenvalue weighted by molar-refractivity contribution is 0.0473. The van der Waals surface area contributed by atoms with Crippen molar-refractivity contribution in [2.24, 2.45) is 0 Å². The van der Waals surface area contributed by atoms with Gasteiger partial charge in [-0.25, -0.2) is 4.79 Å². The number of fused-ring (bicyclic) bond motifs is 2. The van der Waals surface area contributed by atoms with Gasteiger partial charge in [-0.15, -0.1) is 0 Å². The molecule has 0 unspecified atom stereocenters. The summed E-state index contributed by atoms with van der Waals surface area (Å²) >= 11 is 0. The van der Waals surface area contributed by atoms with E-state index in [2.05, 4.69) is 0 Å². The quantitative estimate of drug-likeness (QED) is 0.685. The molecule has 1 heterocycles. The molecule has 0 saturated heterocycles. The van der Waals surface area contributed by atoms with Gasteiger partial charge in [0, 0.05) is 0 Å². The molecular weight excluding hydrogens is 304 g/mol. The first-order valence-electron chi connectivity index (χ1n) is 7.85. The minimum Gasteiger partial charge on any atom is -0.486 e. The summed E-state index contributed by atoms with van der Waals surface area (Å²) in [4.78, 5) is 12.3. The minimum atomic E-state index is -0.375. The first kappa shape index (κ1) is 14.6. The zero-order valence-electron chi connectivity index (χ0n) is 13.0. The van der Waals surface area contributed by atoms with Crippen LogP contribution in [0.4, 0.5) is 0 Å². The summed E-state index contributed by atoms with van der Waals surface area (Å²) in [6.07, 6.45) is 0. The SMILES string of the molecule is O=C(OCc1cccc2ccccc12)c1ccc2c(c1)OCCO2. The third-order valence-electron chi connectivity index (χ3n) is 4.02. The Morgan fingerprint density at radius 1 is 0.917 bits per heavy atom. The molecule has 3 aromatic carbocycles. The van der Waals surface area contributed by atoms with Crippen molar-refractivity contribution in [2.75, 3.05) is 13.2 Å². The Hall–Kier alpha value is -3.01. The Balaban J connectivity index is 1.52. The summed E-state index contributed by atoms with van der Waals surface area (Å²) in [6.45, 7) is 1.24. The van der Waals surface area contributed by atoms with E-state index in [-0.39, 0.29) is 12.6 Å². The van der Waals surface area contributed by atoms with Crippen LogP contribution in [0.25, 0.3) is 10.8 Å². The first-order chi connectivity index (χ1) is 11.8.